The van der Waals surface area contributed by atoms with Gasteiger partial charge in [-0.2, -0.15) is 0 Å². The summed E-state index contributed by atoms with van der Waals surface area (Å²) in [7, 11) is 0. The molecule has 24 heavy (non-hydrogen) atoms. The van der Waals surface area contributed by atoms with Gasteiger partial charge in [-0.15, -0.1) is 11.8 Å². The van der Waals surface area contributed by atoms with Gasteiger partial charge in [0.15, 0.2) is 0 Å². The van der Waals surface area contributed by atoms with Crippen molar-refractivity contribution in [2.24, 2.45) is 0 Å². The summed E-state index contributed by atoms with van der Waals surface area (Å²) >= 11 is 13.7. The summed E-state index contributed by atoms with van der Waals surface area (Å²) in [4.78, 5) is 14.2. The number of carbonyl (C=O) groups is 1. The van der Waals surface area contributed by atoms with E-state index in [0.717, 1.165) is 23.4 Å². The van der Waals surface area contributed by atoms with Crippen LogP contribution in [0, 0.1) is 0 Å². The lowest BCUT2D eigenvalue weighted by Gasteiger charge is -2.26. The maximum Gasteiger partial charge on any atom is 0.238 e. The van der Waals surface area contributed by atoms with Crippen molar-refractivity contribution in [2.75, 3.05) is 17.3 Å². The fourth-order valence-corrected chi connectivity index (χ4v) is 4.09. The first kappa shape index (κ1) is 17.5. The van der Waals surface area contributed by atoms with E-state index in [4.69, 9.17) is 27.9 Å². The van der Waals surface area contributed by atoms with E-state index < -0.39 is 0 Å². The molecule has 0 radical (unpaired) electrons. The average Bonchev–Trinajstić information content (AvgIpc) is 2.96. The van der Waals surface area contributed by atoms with E-state index in [1.54, 1.807) is 28.8 Å². The molecule has 1 amide bonds. The Kier molecular flexibility index (Phi) is 5.59. The highest BCUT2D eigenvalue weighted by Gasteiger charge is 2.35. The highest BCUT2D eigenvalue weighted by molar-refractivity contribution is 8.00. The number of hydrogen-bond donors (Lipinski definition) is 0. The number of hydrogen-bond acceptors (Lipinski definition) is 3. The Morgan fingerprint density at radius 1 is 1.17 bits per heavy atom. The minimum atomic E-state index is -0.163. The SMILES string of the molecule is CCCOc1ccc(Cl)cc1[C@H]1SCC(=O)N1c1ccc(Cl)cc1. The fourth-order valence-electron chi connectivity index (χ4n) is 2.59. The maximum atomic E-state index is 12.5. The molecule has 1 atom stereocenters. The molecule has 1 aliphatic heterocycles. The van der Waals surface area contributed by atoms with Gasteiger partial charge in [0.2, 0.25) is 5.91 Å². The molecule has 0 unspecified atom stereocenters. The molecule has 1 fully saturated rings. The molecule has 0 aromatic heterocycles. The Morgan fingerprint density at radius 2 is 1.88 bits per heavy atom. The number of carbonyl (C=O) groups excluding carboxylic acids is 1. The van der Waals surface area contributed by atoms with Crippen LogP contribution in [0.15, 0.2) is 42.5 Å². The topological polar surface area (TPSA) is 29.5 Å². The Bertz CT molecular complexity index is 736. The summed E-state index contributed by atoms with van der Waals surface area (Å²) in [5, 5.41) is 1.11. The lowest BCUT2D eigenvalue weighted by Crippen LogP contribution is -2.28. The van der Waals surface area contributed by atoms with Crippen LogP contribution in [0.25, 0.3) is 0 Å². The van der Waals surface area contributed by atoms with Crippen LogP contribution in [0.1, 0.15) is 24.3 Å². The molecule has 1 heterocycles. The van der Waals surface area contributed by atoms with Crippen molar-refractivity contribution in [3.8, 4) is 5.75 Å². The number of halogens is 2. The second kappa shape index (κ2) is 7.68. The number of rotatable bonds is 5. The smallest absolute Gasteiger partial charge is 0.238 e. The molecule has 0 bridgehead atoms. The van der Waals surface area contributed by atoms with Crippen molar-refractivity contribution in [1.29, 1.82) is 0 Å². The van der Waals surface area contributed by atoms with Crippen molar-refractivity contribution in [2.45, 2.75) is 18.7 Å². The first-order valence-electron chi connectivity index (χ1n) is 7.71. The number of amides is 1. The highest BCUT2D eigenvalue weighted by Crippen LogP contribution is 2.45. The van der Waals surface area contributed by atoms with Gasteiger partial charge in [0, 0.05) is 21.3 Å². The van der Waals surface area contributed by atoms with Gasteiger partial charge in [-0.3, -0.25) is 9.69 Å². The Labute approximate surface area is 155 Å². The van der Waals surface area contributed by atoms with E-state index in [1.807, 2.05) is 30.3 Å². The molecule has 3 nitrogen and oxygen atoms in total. The average molecular weight is 382 g/mol. The molecule has 0 aliphatic carbocycles. The monoisotopic (exact) mass is 381 g/mol. The number of thioether (sulfide) groups is 1. The Balaban J connectivity index is 1.99. The maximum absolute atomic E-state index is 12.5. The first-order chi connectivity index (χ1) is 11.6. The van der Waals surface area contributed by atoms with Crippen LogP contribution in [-0.4, -0.2) is 18.3 Å². The summed E-state index contributed by atoms with van der Waals surface area (Å²) in [5.41, 5.74) is 1.74. The van der Waals surface area contributed by atoms with E-state index in [0.29, 0.717) is 22.4 Å². The second-order valence-electron chi connectivity index (χ2n) is 5.43. The van der Waals surface area contributed by atoms with Gasteiger partial charge in [-0.1, -0.05) is 30.1 Å². The summed E-state index contributed by atoms with van der Waals surface area (Å²) in [6, 6.07) is 12.9. The second-order valence-corrected chi connectivity index (χ2v) is 7.38. The van der Waals surface area contributed by atoms with Crippen LogP contribution < -0.4 is 9.64 Å². The van der Waals surface area contributed by atoms with Gasteiger partial charge in [0.25, 0.3) is 0 Å². The fraction of sp³-hybridized carbons (Fsp3) is 0.278. The molecule has 0 saturated carbocycles. The number of ether oxygens (including phenoxy) is 1. The molecule has 2 aromatic rings. The first-order valence-corrected chi connectivity index (χ1v) is 9.52. The third-order valence-electron chi connectivity index (χ3n) is 3.67. The van der Waals surface area contributed by atoms with Crippen LogP contribution in [0.4, 0.5) is 5.69 Å². The zero-order chi connectivity index (χ0) is 17.1. The quantitative estimate of drug-likeness (QED) is 0.678. The van der Waals surface area contributed by atoms with E-state index in [9.17, 15) is 4.79 Å². The van der Waals surface area contributed by atoms with Gasteiger partial charge in [-0.05, 0) is 48.9 Å². The predicted molar refractivity (Wildman–Crippen MR) is 101 cm³/mol. The molecular weight excluding hydrogens is 365 g/mol. The van der Waals surface area contributed by atoms with E-state index in [1.165, 1.54) is 0 Å². The van der Waals surface area contributed by atoms with Crippen molar-refractivity contribution in [3.63, 3.8) is 0 Å². The lowest BCUT2D eigenvalue weighted by molar-refractivity contribution is -0.115. The molecule has 1 aliphatic rings. The zero-order valence-electron chi connectivity index (χ0n) is 13.2. The van der Waals surface area contributed by atoms with Crippen molar-refractivity contribution < 1.29 is 9.53 Å². The minimum Gasteiger partial charge on any atom is -0.493 e. The molecule has 2 aromatic carbocycles. The van der Waals surface area contributed by atoms with Gasteiger partial charge in [-0.25, -0.2) is 0 Å². The third-order valence-corrected chi connectivity index (χ3v) is 5.35. The van der Waals surface area contributed by atoms with E-state index in [2.05, 4.69) is 6.92 Å². The number of nitrogens with zero attached hydrogens (tertiary/aromatic N) is 1. The van der Waals surface area contributed by atoms with Crippen LogP contribution >= 0.6 is 35.0 Å². The molecule has 126 valence electrons. The molecule has 1 saturated heterocycles. The van der Waals surface area contributed by atoms with Crippen molar-refractivity contribution in [1.82, 2.24) is 0 Å². The zero-order valence-corrected chi connectivity index (χ0v) is 15.5. The molecular formula is C18H17Cl2NO2S. The van der Waals surface area contributed by atoms with Crippen molar-refractivity contribution >= 4 is 46.6 Å². The molecule has 3 rings (SSSR count). The molecule has 0 N–H and O–H groups in total. The van der Waals surface area contributed by atoms with E-state index >= 15 is 0 Å². The van der Waals surface area contributed by atoms with Gasteiger partial charge in [0.05, 0.1) is 12.4 Å². The van der Waals surface area contributed by atoms with Crippen molar-refractivity contribution in [3.05, 3.63) is 58.1 Å². The number of benzene rings is 2. The standard InChI is InChI=1S/C18H17Cl2NO2S/c1-2-9-23-16-8-5-13(20)10-15(16)18-21(17(22)11-24-18)14-6-3-12(19)4-7-14/h3-8,10,18H,2,9,11H2,1H3/t18-/m1/s1. The summed E-state index contributed by atoms with van der Waals surface area (Å²) in [5.74, 6) is 1.26. The van der Waals surface area contributed by atoms with Crippen LogP contribution in [-0.2, 0) is 4.79 Å². The lowest BCUT2D eigenvalue weighted by atomic mass is 10.1. The summed E-state index contributed by atoms with van der Waals surface area (Å²) in [6.07, 6.45) is 0.916. The Morgan fingerprint density at radius 3 is 2.58 bits per heavy atom. The van der Waals surface area contributed by atoms with Crippen LogP contribution in [0.2, 0.25) is 10.0 Å². The summed E-state index contributed by atoms with van der Waals surface area (Å²) < 4.78 is 5.86. The predicted octanol–water partition coefficient (Wildman–Crippen LogP) is 5.56. The van der Waals surface area contributed by atoms with Gasteiger partial charge < -0.3 is 4.74 Å². The molecule has 6 heteroatoms. The van der Waals surface area contributed by atoms with Gasteiger partial charge in [0.1, 0.15) is 11.1 Å². The van der Waals surface area contributed by atoms with E-state index in [-0.39, 0.29) is 11.3 Å². The highest BCUT2D eigenvalue weighted by atomic mass is 35.5. The normalized spacial score (nSPS) is 17.4. The Hall–Kier alpha value is -1.36. The summed E-state index contributed by atoms with van der Waals surface area (Å²) in [6.45, 7) is 2.68. The molecule has 0 spiro atoms. The minimum absolute atomic E-state index is 0.0636. The third kappa shape index (κ3) is 3.66. The largest absolute Gasteiger partial charge is 0.493 e. The van der Waals surface area contributed by atoms with Gasteiger partial charge >= 0.3 is 0 Å². The van der Waals surface area contributed by atoms with Crippen LogP contribution in [0.5, 0.6) is 5.75 Å². The van der Waals surface area contributed by atoms with Crippen LogP contribution in [0.3, 0.4) is 0 Å². The number of anilines is 1.